The van der Waals surface area contributed by atoms with Crippen molar-refractivity contribution < 1.29 is 9.84 Å². The first-order chi connectivity index (χ1) is 11.7. The van der Waals surface area contributed by atoms with Gasteiger partial charge in [0, 0.05) is 13.0 Å². The van der Waals surface area contributed by atoms with Gasteiger partial charge in [-0.3, -0.25) is 0 Å². The maximum absolute atomic E-state index is 9.77. The highest BCUT2D eigenvalue weighted by Crippen LogP contribution is 2.60. The van der Waals surface area contributed by atoms with Gasteiger partial charge in [0.05, 0.1) is 11.7 Å². The number of hydrogen-bond acceptors (Lipinski definition) is 3. The molecule has 2 atom stereocenters. The molecule has 0 radical (unpaired) electrons. The van der Waals surface area contributed by atoms with Crippen LogP contribution in [-0.2, 0) is 4.74 Å². The van der Waals surface area contributed by atoms with E-state index in [9.17, 15) is 5.11 Å². The van der Waals surface area contributed by atoms with Gasteiger partial charge in [-0.25, -0.2) is 0 Å². The van der Waals surface area contributed by atoms with Crippen LogP contribution in [0.15, 0.2) is 29.8 Å². The van der Waals surface area contributed by atoms with Crippen molar-refractivity contribution in [3.05, 3.63) is 35.4 Å². The molecule has 0 spiro atoms. The molecule has 4 aliphatic carbocycles. The molecule has 0 heterocycles. The van der Waals surface area contributed by atoms with Gasteiger partial charge in [-0.2, -0.15) is 5.26 Å². The van der Waals surface area contributed by atoms with Crippen LogP contribution in [0.2, 0.25) is 0 Å². The molecule has 4 aliphatic rings. The lowest BCUT2D eigenvalue weighted by Crippen LogP contribution is -2.54. The lowest BCUT2D eigenvalue weighted by atomic mass is 9.52. The summed E-state index contributed by atoms with van der Waals surface area (Å²) in [4.78, 5) is 0. The highest BCUT2D eigenvalue weighted by Gasteiger charge is 2.54. The molecule has 0 aromatic heterocycles. The van der Waals surface area contributed by atoms with Gasteiger partial charge in [-0.05, 0) is 79.5 Å². The highest BCUT2D eigenvalue weighted by atomic mass is 16.5. The van der Waals surface area contributed by atoms with Crippen LogP contribution in [0.3, 0.4) is 0 Å². The van der Waals surface area contributed by atoms with E-state index in [-0.39, 0.29) is 5.60 Å². The minimum absolute atomic E-state index is 0.115. The summed E-state index contributed by atoms with van der Waals surface area (Å²) >= 11 is 0. The molecule has 4 bridgehead atoms. The Morgan fingerprint density at radius 3 is 2.75 bits per heavy atom. The summed E-state index contributed by atoms with van der Waals surface area (Å²) in [5, 5.41) is 18.5. The second-order valence-electron chi connectivity index (χ2n) is 7.84. The van der Waals surface area contributed by atoms with Gasteiger partial charge in [-0.1, -0.05) is 18.2 Å². The number of rotatable bonds is 5. The quantitative estimate of drug-likeness (QED) is 0.801. The van der Waals surface area contributed by atoms with Gasteiger partial charge in [0.2, 0.25) is 0 Å². The maximum Gasteiger partial charge on any atom is 0.116 e. The van der Waals surface area contributed by atoms with Crippen LogP contribution < -0.4 is 0 Å². The molecule has 0 amide bonds. The first-order valence-electron chi connectivity index (χ1n) is 9.20. The fourth-order valence-corrected chi connectivity index (χ4v) is 5.44. The predicted molar refractivity (Wildman–Crippen MR) is 93.2 cm³/mol. The molecule has 1 aromatic rings. The van der Waals surface area contributed by atoms with Gasteiger partial charge >= 0.3 is 0 Å². The number of nitrogens with zero attached hydrogens (tertiary/aromatic N) is 1. The molecule has 1 N–H and O–H groups in total. The molecular formula is C21H25NO2. The van der Waals surface area contributed by atoms with Crippen LogP contribution in [0.25, 0.3) is 6.08 Å². The minimum Gasteiger partial charge on any atom is -0.508 e. The van der Waals surface area contributed by atoms with Crippen molar-refractivity contribution in [3.8, 4) is 11.8 Å². The topological polar surface area (TPSA) is 53.2 Å². The van der Waals surface area contributed by atoms with E-state index in [1.807, 2.05) is 12.1 Å². The zero-order valence-corrected chi connectivity index (χ0v) is 14.1. The van der Waals surface area contributed by atoms with Crippen LogP contribution in [-0.4, -0.2) is 17.3 Å². The van der Waals surface area contributed by atoms with E-state index in [0.717, 1.165) is 36.7 Å². The Morgan fingerprint density at radius 2 is 2.04 bits per heavy atom. The zero-order valence-electron chi connectivity index (χ0n) is 14.1. The van der Waals surface area contributed by atoms with E-state index in [4.69, 9.17) is 10.00 Å². The van der Waals surface area contributed by atoms with Crippen molar-refractivity contribution in [2.75, 3.05) is 6.61 Å². The molecule has 4 saturated carbocycles. The average Bonchev–Trinajstić information content (AvgIpc) is 2.55. The third-order valence-electron chi connectivity index (χ3n) is 6.11. The Labute approximate surface area is 143 Å². The van der Waals surface area contributed by atoms with Crippen LogP contribution in [0.1, 0.15) is 50.5 Å². The Balaban J connectivity index is 1.63. The summed E-state index contributed by atoms with van der Waals surface area (Å²) < 4.78 is 6.48. The Bertz CT molecular complexity index is 673. The molecule has 24 heavy (non-hydrogen) atoms. The summed E-state index contributed by atoms with van der Waals surface area (Å²) in [6.45, 7) is 0.678. The van der Waals surface area contributed by atoms with Crippen molar-refractivity contribution in [3.63, 3.8) is 0 Å². The Hall–Kier alpha value is -1.79. The van der Waals surface area contributed by atoms with E-state index < -0.39 is 0 Å². The summed E-state index contributed by atoms with van der Waals surface area (Å²) in [5.74, 6) is 2.56. The van der Waals surface area contributed by atoms with Crippen LogP contribution in [0.4, 0.5) is 0 Å². The first kappa shape index (κ1) is 15.7. The third kappa shape index (κ3) is 2.84. The number of phenols is 1. The molecular weight excluding hydrogens is 298 g/mol. The number of ether oxygens (including phenoxy) is 1. The molecule has 3 nitrogen and oxygen atoms in total. The van der Waals surface area contributed by atoms with Crippen molar-refractivity contribution in [1.82, 2.24) is 0 Å². The van der Waals surface area contributed by atoms with Gasteiger partial charge < -0.3 is 9.84 Å². The molecule has 5 rings (SSSR count). The number of nitriles is 1. The maximum atomic E-state index is 9.77. The molecule has 0 saturated heterocycles. The fraction of sp³-hybridized carbons (Fsp3) is 0.571. The first-order valence-corrected chi connectivity index (χ1v) is 9.20. The summed E-state index contributed by atoms with van der Waals surface area (Å²) in [6.07, 6.45) is 9.89. The van der Waals surface area contributed by atoms with Crippen LogP contribution >= 0.6 is 0 Å². The SMILES string of the molecule is N#CCCCOC12CC3CC(CC(C3)C1=Cc1cccc(O)c1)C2. The minimum atomic E-state index is -0.115. The summed E-state index contributed by atoms with van der Waals surface area (Å²) in [5.41, 5.74) is 2.39. The summed E-state index contributed by atoms with van der Waals surface area (Å²) in [6, 6.07) is 9.72. The number of aromatic hydroxyl groups is 1. The van der Waals surface area contributed by atoms with Gasteiger partial charge in [0.15, 0.2) is 0 Å². The number of benzene rings is 1. The smallest absolute Gasteiger partial charge is 0.116 e. The second kappa shape index (κ2) is 6.26. The van der Waals surface area contributed by atoms with E-state index in [2.05, 4.69) is 18.2 Å². The van der Waals surface area contributed by atoms with Gasteiger partial charge in [0.25, 0.3) is 0 Å². The Kier molecular flexibility index (Phi) is 4.10. The number of unbranched alkanes of at least 4 members (excludes halogenated alkanes) is 1. The van der Waals surface area contributed by atoms with E-state index in [1.54, 1.807) is 6.07 Å². The standard InChI is InChI=1S/C21H25NO2/c22-6-1-2-7-24-21-13-16-8-17(14-21)10-18(9-16)20(21)12-15-4-3-5-19(23)11-15/h3-5,11-12,16-18,23H,1-2,7-10,13-14H2. The predicted octanol–water partition coefficient (Wildman–Crippen LogP) is 4.67. The van der Waals surface area contributed by atoms with Crippen LogP contribution in [0.5, 0.6) is 5.75 Å². The molecule has 0 aliphatic heterocycles. The summed E-state index contributed by atoms with van der Waals surface area (Å²) in [7, 11) is 0. The normalized spacial score (nSPS) is 35.3. The molecule has 126 valence electrons. The van der Waals surface area contributed by atoms with Crippen molar-refractivity contribution in [1.29, 1.82) is 5.26 Å². The van der Waals surface area contributed by atoms with Gasteiger partial charge in [0.1, 0.15) is 5.75 Å². The van der Waals surface area contributed by atoms with Crippen LogP contribution in [0, 0.1) is 29.1 Å². The Morgan fingerprint density at radius 1 is 1.25 bits per heavy atom. The lowest BCUT2D eigenvalue weighted by Gasteiger charge is -2.58. The average molecular weight is 323 g/mol. The largest absolute Gasteiger partial charge is 0.508 e. The molecule has 3 heteroatoms. The highest BCUT2D eigenvalue weighted by molar-refractivity contribution is 5.58. The molecule has 2 unspecified atom stereocenters. The van der Waals surface area contributed by atoms with Crippen molar-refractivity contribution >= 4 is 6.08 Å². The van der Waals surface area contributed by atoms with E-state index in [0.29, 0.717) is 24.7 Å². The second-order valence-corrected chi connectivity index (χ2v) is 7.84. The van der Waals surface area contributed by atoms with Crippen molar-refractivity contribution in [2.45, 2.75) is 50.5 Å². The van der Waals surface area contributed by atoms with E-state index >= 15 is 0 Å². The fourth-order valence-electron chi connectivity index (χ4n) is 5.44. The van der Waals surface area contributed by atoms with Gasteiger partial charge in [-0.15, -0.1) is 0 Å². The van der Waals surface area contributed by atoms with Crippen molar-refractivity contribution in [2.24, 2.45) is 17.8 Å². The van der Waals surface area contributed by atoms with E-state index in [1.165, 1.54) is 24.8 Å². The monoisotopic (exact) mass is 323 g/mol. The zero-order chi connectivity index (χ0) is 16.6. The lowest BCUT2D eigenvalue weighted by molar-refractivity contribution is -0.120. The molecule has 4 fully saturated rings. The molecule has 1 aromatic carbocycles. The number of phenolic OH excluding ortho intramolecular Hbond substituents is 1. The third-order valence-corrected chi connectivity index (χ3v) is 6.11. The number of hydrogen-bond donors (Lipinski definition) is 1.